The first-order valence-corrected chi connectivity index (χ1v) is 9.82. The van der Waals surface area contributed by atoms with Crippen LogP contribution in [0, 0.1) is 0 Å². The van der Waals surface area contributed by atoms with E-state index in [1.165, 1.54) is 16.9 Å². The van der Waals surface area contributed by atoms with Crippen LogP contribution in [0.2, 0.25) is 0 Å². The van der Waals surface area contributed by atoms with Gasteiger partial charge in [-0.3, -0.25) is 9.89 Å². The maximum Gasteiger partial charge on any atom is 0.263 e. The molecular weight excluding hydrogens is 344 g/mol. The number of piperidine rings is 1. The molecular formula is C20H22N4OS. The lowest BCUT2D eigenvalue weighted by atomic mass is 10.0. The van der Waals surface area contributed by atoms with Crippen molar-refractivity contribution in [3.8, 4) is 11.3 Å². The number of aromatic amines is 1. The first-order chi connectivity index (χ1) is 12.8. The number of hydrogen-bond donors (Lipinski definition) is 2. The molecule has 1 fully saturated rings. The molecule has 134 valence electrons. The first-order valence-electron chi connectivity index (χ1n) is 8.94. The summed E-state index contributed by atoms with van der Waals surface area (Å²) in [5, 5.41) is 12.6. The van der Waals surface area contributed by atoms with Crippen molar-refractivity contribution in [1.29, 1.82) is 0 Å². The van der Waals surface area contributed by atoms with E-state index in [1.54, 1.807) is 6.20 Å². The number of carbonyl (C=O) groups is 1. The number of aromatic nitrogens is 2. The zero-order valence-corrected chi connectivity index (χ0v) is 15.3. The minimum absolute atomic E-state index is 0.172. The van der Waals surface area contributed by atoms with Gasteiger partial charge in [0.2, 0.25) is 0 Å². The number of H-pyrrole nitrogens is 1. The van der Waals surface area contributed by atoms with Crippen molar-refractivity contribution in [2.45, 2.75) is 25.4 Å². The van der Waals surface area contributed by atoms with E-state index in [9.17, 15) is 4.79 Å². The molecule has 5 nitrogen and oxygen atoms in total. The van der Waals surface area contributed by atoms with Gasteiger partial charge < -0.3 is 10.2 Å². The van der Waals surface area contributed by atoms with Crippen LogP contribution in [0.1, 0.15) is 28.1 Å². The van der Waals surface area contributed by atoms with Crippen molar-refractivity contribution in [1.82, 2.24) is 20.4 Å². The summed E-state index contributed by atoms with van der Waals surface area (Å²) in [5.41, 5.74) is 3.44. The van der Waals surface area contributed by atoms with E-state index in [-0.39, 0.29) is 5.91 Å². The van der Waals surface area contributed by atoms with E-state index in [2.05, 4.69) is 39.8 Å². The SMILES string of the molecule is O=C(c1cccs1)N1CCC(NCc2cccc(-c3ccn[nH]3)c2)CC1. The molecule has 4 rings (SSSR count). The molecule has 0 spiro atoms. The van der Waals surface area contributed by atoms with Crippen LogP contribution in [0.5, 0.6) is 0 Å². The fourth-order valence-electron chi connectivity index (χ4n) is 3.37. The average Bonchev–Trinajstić information content (AvgIpc) is 3.40. The van der Waals surface area contributed by atoms with Crippen LogP contribution >= 0.6 is 11.3 Å². The van der Waals surface area contributed by atoms with Crippen LogP contribution in [0.3, 0.4) is 0 Å². The van der Waals surface area contributed by atoms with Crippen LogP contribution in [0.4, 0.5) is 0 Å². The van der Waals surface area contributed by atoms with Gasteiger partial charge in [0, 0.05) is 31.9 Å². The van der Waals surface area contributed by atoms with Gasteiger partial charge in [0.15, 0.2) is 0 Å². The molecule has 2 N–H and O–H groups in total. The Morgan fingerprint density at radius 2 is 2.12 bits per heavy atom. The third-order valence-electron chi connectivity index (χ3n) is 4.85. The Balaban J connectivity index is 1.29. The van der Waals surface area contributed by atoms with Crippen molar-refractivity contribution in [2.24, 2.45) is 0 Å². The molecule has 6 heteroatoms. The largest absolute Gasteiger partial charge is 0.338 e. The molecule has 0 saturated carbocycles. The standard InChI is InChI=1S/C20H22N4OS/c25-20(19-5-2-12-26-19)24-10-7-17(8-11-24)21-14-15-3-1-4-16(13-15)18-6-9-22-23-18/h1-6,9,12-13,17,21H,7-8,10-11,14H2,(H,22,23). The van der Waals surface area contributed by atoms with Crippen LogP contribution in [0.15, 0.2) is 54.0 Å². The summed E-state index contributed by atoms with van der Waals surface area (Å²) in [6.45, 7) is 2.48. The molecule has 0 atom stereocenters. The molecule has 0 bridgehead atoms. The zero-order chi connectivity index (χ0) is 17.8. The smallest absolute Gasteiger partial charge is 0.263 e. The van der Waals surface area contributed by atoms with Gasteiger partial charge in [-0.2, -0.15) is 5.10 Å². The molecule has 0 aliphatic carbocycles. The molecule has 1 saturated heterocycles. The molecule has 26 heavy (non-hydrogen) atoms. The lowest BCUT2D eigenvalue weighted by molar-refractivity contribution is 0.0709. The number of hydrogen-bond acceptors (Lipinski definition) is 4. The van der Waals surface area contributed by atoms with E-state index in [4.69, 9.17) is 0 Å². The second-order valence-electron chi connectivity index (χ2n) is 6.60. The van der Waals surface area contributed by atoms with Crippen molar-refractivity contribution in [3.63, 3.8) is 0 Å². The number of benzene rings is 1. The third-order valence-corrected chi connectivity index (χ3v) is 5.71. The highest BCUT2D eigenvalue weighted by Gasteiger charge is 2.23. The highest BCUT2D eigenvalue weighted by Crippen LogP contribution is 2.19. The molecule has 2 aromatic heterocycles. The topological polar surface area (TPSA) is 61.0 Å². The minimum Gasteiger partial charge on any atom is -0.338 e. The van der Waals surface area contributed by atoms with Crippen molar-refractivity contribution in [3.05, 3.63) is 64.5 Å². The Morgan fingerprint density at radius 3 is 2.85 bits per heavy atom. The highest BCUT2D eigenvalue weighted by molar-refractivity contribution is 7.12. The fraction of sp³-hybridized carbons (Fsp3) is 0.300. The average molecular weight is 366 g/mol. The van der Waals surface area contributed by atoms with Crippen molar-refractivity contribution < 1.29 is 4.79 Å². The molecule has 1 aromatic carbocycles. The third kappa shape index (κ3) is 3.86. The number of nitrogens with zero attached hydrogens (tertiary/aromatic N) is 2. The van der Waals surface area contributed by atoms with Crippen LogP contribution in [-0.4, -0.2) is 40.1 Å². The van der Waals surface area contributed by atoms with Gasteiger partial charge in [0.05, 0.1) is 10.6 Å². The Morgan fingerprint density at radius 1 is 1.23 bits per heavy atom. The van der Waals surface area contributed by atoms with Gasteiger partial charge in [-0.15, -0.1) is 11.3 Å². The van der Waals surface area contributed by atoms with E-state index < -0.39 is 0 Å². The van der Waals surface area contributed by atoms with Gasteiger partial charge >= 0.3 is 0 Å². The minimum atomic E-state index is 0.172. The van der Waals surface area contributed by atoms with Gasteiger partial charge in [0.1, 0.15) is 0 Å². The summed E-state index contributed by atoms with van der Waals surface area (Å²) in [6, 6.07) is 14.8. The van der Waals surface area contributed by atoms with E-state index in [0.29, 0.717) is 6.04 Å². The fourth-order valence-corrected chi connectivity index (χ4v) is 4.06. The summed E-state index contributed by atoms with van der Waals surface area (Å²) in [4.78, 5) is 15.2. The number of nitrogens with one attached hydrogen (secondary N) is 2. The lowest BCUT2D eigenvalue weighted by Crippen LogP contribution is -2.44. The second kappa shape index (κ2) is 7.85. The number of amides is 1. The first kappa shape index (κ1) is 17.0. The summed E-state index contributed by atoms with van der Waals surface area (Å²) in [6.07, 6.45) is 3.76. The molecule has 0 unspecified atom stereocenters. The quantitative estimate of drug-likeness (QED) is 0.726. The maximum absolute atomic E-state index is 12.4. The molecule has 3 aromatic rings. The zero-order valence-electron chi connectivity index (χ0n) is 14.5. The summed E-state index contributed by atoms with van der Waals surface area (Å²) >= 11 is 1.52. The predicted molar refractivity (Wildman–Crippen MR) is 104 cm³/mol. The highest BCUT2D eigenvalue weighted by atomic mass is 32.1. The second-order valence-corrected chi connectivity index (χ2v) is 7.54. The van der Waals surface area contributed by atoms with Gasteiger partial charge in [0.25, 0.3) is 5.91 Å². The molecule has 1 aliphatic heterocycles. The van der Waals surface area contributed by atoms with Crippen LogP contribution < -0.4 is 5.32 Å². The summed E-state index contributed by atoms with van der Waals surface area (Å²) in [7, 11) is 0. The Labute approximate surface area is 157 Å². The van der Waals surface area contributed by atoms with E-state index in [1.807, 2.05) is 28.5 Å². The number of thiophene rings is 1. The summed E-state index contributed by atoms with van der Waals surface area (Å²) < 4.78 is 0. The Kier molecular flexibility index (Phi) is 5.13. The van der Waals surface area contributed by atoms with E-state index >= 15 is 0 Å². The van der Waals surface area contributed by atoms with Crippen molar-refractivity contribution >= 4 is 17.2 Å². The Bertz CT molecular complexity index is 837. The molecule has 1 aliphatic rings. The lowest BCUT2D eigenvalue weighted by Gasteiger charge is -2.32. The van der Waals surface area contributed by atoms with Crippen molar-refractivity contribution in [2.75, 3.05) is 13.1 Å². The molecule has 3 heterocycles. The van der Waals surface area contributed by atoms with Crippen LogP contribution in [-0.2, 0) is 6.54 Å². The van der Waals surface area contributed by atoms with Gasteiger partial charge in [-0.25, -0.2) is 0 Å². The molecule has 0 radical (unpaired) electrons. The predicted octanol–water partition coefficient (Wildman–Crippen LogP) is 3.53. The molecule has 1 amide bonds. The van der Waals surface area contributed by atoms with Gasteiger partial charge in [-0.05, 0) is 47.5 Å². The number of likely N-dealkylation sites (tertiary alicyclic amines) is 1. The monoisotopic (exact) mass is 366 g/mol. The van der Waals surface area contributed by atoms with Crippen LogP contribution in [0.25, 0.3) is 11.3 Å². The summed E-state index contributed by atoms with van der Waals surface area (Å²) in [5.74, 6) is 0.172. The Hall–Kier alpha value is -2.44. The normalized spacial score (nSPS) is 15.3. The number of rotatable bonds is 5. The van der Waals surface area contributed by atoms with Gasteiger partial charge in [-0.1, -0.05) is 24.3 Å². The van der Waals surface area contributed by atoms with E-state index in [0.717, 1.165) is 48.6 Å². The maximum atomic E-state index is 12.4. The number of carbonyl (C=O) groups excluding carboxylic acids is 1.